The van der Waals surface area contributed by atoms with Gasteiger partial charge in [-0.25, -0.2) is 0 Å². The van der Waals surface area contributed by atoms with E-state index in [1.807, 2.05) is 44.2 Å². The van der Waals surface area contributed by atoms with Crippen LogP contribution in [-0.2, 0) is 22.6 Å². The van der Waals surface area contributed by atoms with E-state index in [1.165, 1.54) is 0 Å². The second-order valence-corrected chi connectivity index (χ2v) is 7.76. The first-order valence-electron chi connectivity index (χ1n) is 9.39. The quantitative estimate of drug-likeness (QED) is 0.661. The molecule has 0 bridgehead atoms. The van der Waals surface area contributed by atoms with Crippen LogP contribution in [0.1, 0.15) is 38.3 Å². The van der Waals surface area contributed by atoms with Gasteiger partial charge >= 0.3 is 0 Å². The summed E-state index contributed by atoms with van der Waals surface area (Å²) in [6.07, 6.45) is 1.03. The number of hydrogen-bond donors (Lipinski definition) is 1. The van der Waals surface area contributed by atoms with Crippen LogP contribution in [0.4, 0.5) is 0 Å². The SMILES string of the molecule is CC[C@H](C)NC(=O)[C@H](C)N(Cc1ccc(Cl)cc1Cl)C(=O)Cc1ccccc1. The van der Waals surface area contributed by atoms with E-state index in [9.17, 15) is 9.59 Å². The van der Waals surface area contributed by atoms with Gasteiger partial charge in [0.15, 0.2) is 0 Å². The van der Waals surface area contributed by atoms with E-state index in [2.05, 4.69) is 5.32 Å². The molecule has 6 heteroatoms. The van der Waals surface area contributed by atoms with Crippen molar-refractivity contribution < 1.29 is 9.59 Å². The molecule has 0 aliphatic rings. The molecule has 2 aromatic rings. The Morgan fingerprint density at radius 1 is 1.07 bits per heavy atom. The van der Waals surface area contributed by atoms with Crippen molar-refractivity contribution in [2.45, 2.75) is 52.2 Å². The number of nitrogens with one attached hydrogen (secondary N) is 1. The molecule has 2 amide bonds. The van der Waals surface area contributed by atoms with Crippen molar-refractivity contribution in [2.75, 3.05) is 0 Å². The van der Waals surface area contributed by atoms with Crippen molar-refractivity contribution in [3.8, 4) is 0 Å². The molecular weight excluding hydrogens is 395 g/mol. The molecule has 0 saturated heterocycles. The zero-order valence-electron chi connectivity index (χ0n) is 16.4. The standard InChI is InChI=1S/C22H26Cl2N2O2/c1-4-15(2)25-22(28)16(3)26(14-18-10-11-19(23)13-20(18)24)21(27)12-17-8-6-5-7-9-17/h5-11,13,15-16H,4,12,14H2,1-3H3,(H,25,28)/t15-,16-/m0/s1. The Bertz CT molecular complexity index is 811. The fourth-order valence-corrected chi connectivity index (χ4v) is 3.22. The van der Waals surface area contributed by atoms with Crippen LogP contribution in [-0.4, -0.2) is 28.8 Å². The van der Waals surface area contributed by atoms with Crippen LogP contribution in [0.2, 0.25) is 10.0 Å². The summed E-state index contributed by atoms with van der Waals surface area (Å²) in [5.41, 5.74) is 1.64. The first kappa shape index (κ1) is 22.3. The zero-order chi connectivity index (χ0) is 20.7. The normalized spacial score (nSPS) is 12.9. The summed E-state index contributed by atoms with van der Waals surface area (Å²) in [4.78, 5) is 27.3. The van der Waals surface area contributed by atoms with Crippen molar-refractivity contribution in [2.24, 2.45) is 0 Å². The van der Waals surface area contributed by atoms with Gasteiger partial charge in [0.05, 0.1) is 6.42 Å². The highest BCUT2D eigenvalue weighted by Crippen LogP contribution is 2.23. The van der Waals surface area contributed by atoms with Gasteiger partial charge in [-0.3, -0.25) is 9.59 Å². The van der Waals surface area contributed by atoms with Crippen LogP contribution in [0.3, 0.4) is 0 Å². The van der Waals surface area contributed by atoms with E-state index in [-0.39, 0.29) is 30.8 Å². The molecule has 0 unspecified atom stereocenters. The van der Waals surface area contributed by atoms with Crippen molar-refractivity contribution in [3.05, 3.63) is 69.7 Å². The van der Waals surface area contributed by atoms with Crippen LogP contribution in [0, 0.1) is 0 Å². The Labute approximate surface area is 176 Å². The highest BCUT2D eigenvalue weighted by molar-refractivity contribution is 6.35. The summed E-state index contributed by atoms with van der Waals surface area (Å²) in [6, 6.07) is 14.1. The first-order chi connectivity index (χ1) is 13.3. The summed E-state index contributed by atoms with van der Waals surface area (Å²) < 4.78 is 0. The lowest BCUT2D eigenvalue weighted by molar-refractivity contribution is -0.140. The highest BCUT2D eigenvalue weighted by atomic mass is 35.5. The number of hydrogen-bond acceptors (Lipinski definition) is 2. The minimum absolute atomic E-state index is 0.0418. The van der Waals surface area contributed by atoms with Crippen LogP contribution in [0.25, 0.3) is 0 Å². The average molecular weight is 421 g/mol. The number of rotatable bonds is 8. The molecule has 0 heterocycles. The number of nitrogens with zero attached hydrogens (tertiary/aromatic N) is 1. The Morgan fingerprint density at radius 2 is 1.75 bits per heavy atom. The molecular formula is C22H26Cl2N2O2. The van der Waals surface area contributed by atoms with E-state index < -0.39 is 6.04 Å². The Kier molecular flexibility index (Phi) is 8.34. The molecule has 2 atom stereocenters. The summed E-state index contributed by atoms with van der Waals surface area (Å²) in [7, 11) is 0. The van der Waals surface area contributed by atoms with E-state index in [0.29, 0.717) is 10.0 Å². The molecule has 150 valence electrons. The lowest BCUT2D eigenvalue weighted by atomic mass is 10.1. The molecule has 28 heavy (non-hydrogen) atoms. The molecule has 2 aromatic carbocycles. The van der Waals surface area contributed by atoms with Gasteiger partial charge in [-0.2, -0.15) is 0 Å². The van der Waals surface area contributed by atoms with Gasteiger partial charge in [-0.1, -0.05) is 66.5 Å². The largest absolute Gasteiger partial charge is 0.352 e. The van der Waals surface area contributed by atoms with Gasteiger partial charge in [0.2, 0.25) is 11.8 Å². The maximum atomic E-state index is 13.1. The molecule has 0 aromatic heterocycles. The molecule has 0 saturated carbocycles. The minimum atomic E-state index is -0.628. The third-order valence-electron chi connectivity index (χ3n) is 4.72. The van der Waals surface area contributed by atoms with Gasteiger partial charge in [-0.15, -0.1) is 0 Å². The van der Waals surface area contributed by atoms with E-state index in [0.717, 1.165) is 17.5 Å². The van der Waals surface area contributed by atoms with Gasteiger partial charge in [0.1, 0.15) is 6.04 Å². The average Bonchev–Trinajstić information content (AvgIpc) is 2.67. The lowest BCUT2D eigenvalue weighted by Gasteiger charge is -2.30. The molecule has 4 nitrogen and oxygen atoms in total. The fraction of sp³-hybridized carbons (Fsp3) is 0.364. The monoisotopic (exact) mass is 420 g/mol. The van der Waals surface area contributed by atoms with Crippen LogP contribution < -0.4 is 5.32 Å². The summed E-state index contributed by atoms with van der Waals surface area (Å²) in [5, 5.41) is 3.95. The predicted octanol–water partition coefficient (Wildman–Crippen LogP) is 4.87. The van der Waals surface area contributed by atoms with Crippen molar-refractivity contribution in [1.29, 1.82) is 0 Å². The maximum absolute atomic E-state index is 13.1. The summed E-state index contributed by atoms with van der Waals surface area (Å²) >= 11 is 12.3. The van der Waals surface area contributed by atoms with Crippen LogP contribution >= 0.6 is 23.2 Å². The molecule has 0 spiro atoms. The topological polar surface area (TPSA) is 49.4 Å². The summed E-state index contributed by atoms with van der Waals surface area (Å²) in [5.74, 6) is -0.315. The van der Waals surface area contributed by atoms with E-state index in [4.69, 9.17) is 23.2 Å². The number of halogens is 2. The van der Waals surface area contributed by atoms with Gasteiger partial charge in [0, 0.05) is 22.6 Å². The van der Waals surface area contributed by atoms with Crippen molar-refractivity contribution >= 4 is 35.0 Å². The number of benzene rings is 2. The second-order valence-electron chi connectivity index (χ2n) is 6.91. The van der Waals surface area contributed by atoms with Crippen molar-refractivity contribution in [1.82, 2.24) is 10.2 Å². The maximum Gasteiger partial charge on any atom is 0.242 e. The fourth-order valence-electron chi connectivity index (χ4n) is 2.75. The van der Waals surface area contributed by atoms with Crippen LogP contribution in [0.5, 0.6) is 0 Å². The molecule has 1 N–H and O–H groups in total. The van der Waals surface area contributed by atoms with Crippen LogP contribution in [0.15, 0.2) is 48.5 Å². The smallest absolute Gasteiger partial charge is 0.242 e. The van der Waals surface area contributed by atoms with E-state index >= 15 is 0 Å². The minimum Gasteiger partial charge on any atom is -0.352 e. The molecule has 0 fully saturated rings. The second kappa shape index (κ2) is 10.5. The highest BCUT2D eigenvalue weighted by Gasteiger charge is 2.27. The van der Waals surface area contributed by atoms with Gasteiger partial charge in [0.25, 0.3) is 0 Å². The Balaban J connectivity index is 2.25. The van der Waals surface area contributed by atoms with Gasteiger partial charge in [-0.05, 0) is 43.5 Å². The molecule has 0 radical (unpaired) electrons. The predicted molar refractivity (Wildman–Crippen MR) is 115 cm³/mol. The first-order valence-corrected chi connectivity index (χ1v) is 10.1. The van der Waals surface area contributed by atoms with Gasteiger partial charge < -0.3 is 10.2 Å². The Morgan fingerprint density at radius 3 is 2.36 bits per heavy atom. The third-order valence-corrected chi connectivity index (χ3v) is 5.31. The number of carbonyl (C=O) groups is 2. The van der Waals surface area contributed by atoms with Crippen molar-refractivity contribution in [3.63, 3.8) is 0 Å². The third kappa shape index (κ3) is 6.25. The Hall–Kier alpha value is -2.04. The molecule has 0 aliphatic carbocycles. The number of amides is 2. The molecule has 0 aliphatic heterocycles. The molecule has 2 rings (SSSR count). The number of carbonyl (C=O) groups excluding carboxylic acids is 2. The lowest BCUT2D eigenvalue weighted by Crippen LogP contribution is -2.49. The summed E-state index contributed by atoms with van der Waals surface area (Å²) in [6.45, 7) is 5.92. The van der Waals surface area contributed by atoms with E-state index in [1.54, 1.807) is 30.0 Å². The zero-order valence-corrected chi connectivity index (χ0v) is 17.9.